The van der Waals surface area contributed by atoms with Crippen molar-refractivity contribution in [2.24, 2.45) is 0 Å². The lowest BCUT2D eigenvalue weighted by Gasteiger charge is -2.14. The Balaban J connectivity index is 2.30. The Kier molecular flexibility index (Phi) is 6.58. The summed E-state index contributed by atoms with van der Waals surface area (Å²) < 4.78 is 133. The van der Waals surface area contributed by atoms with Crippen LogP contribution >= 0.6 is 0 Å². The van der Waals surface area contributed by atoms with Crippen molar-refractivity contribution in [1.29, 1.82) is 0 Å². The third-order valence-corrected chi connectivity index (χ3v) is 3.79. The first-order valence-corrected chi connectivity index (χ1v) is 7.47. The summed E-state index contributed by atoms with van der Waals surface area (Å²) >= 11 is 0. The van der Waals surface area contributed by atoms with Crippen molar-refractivity contribution < 1.29 is 54.1 Å². The van der Waals surface area contributed by atoms with Crippen LogP contribution < -0.4 is 0 Å². The van der Waals surface area contributed by atoms with Gasteiger partial charge < -0.3 is 10.2 Å². The van der Waals surface area contributed by atoms with E-state index in [-0.39, 0.29) is 0 Å². The van der Waals surface area contributed by atoms with Gasteiger partial charge in [0.25, 0.3) is 0 Å². The number of aliphatic hydroxyl groups is 2. The second-order valence-electron chi connectivity index (χ2n) is 5.59. The molecule has 0 aliphatic heterocycles. The van der Waals surface area contributed by atoms with Crippen molar-refractivity contribution in [3.8, 4) is 0 Å². The Morgan fingerprint density at radius 3 is 1.21 bits per heavy atom. The molecule has 0 aliphatic rings. The molecular formula is C17H8F10O2. The molecule has 0 amide bonds. The van der Waals surface area contributed by atoms with Gasteiger partial charge in [-0.3, -0.25) is 0 Å². The number of hydrogen-bond acceptors (Lipinski definition) is 2. The van der Waals surface area contributed by atoms with Gasteiger partial charge in [0, 0.05) is 0 Å². The lowest BCUT2D eigenvalue weighted by molar-refractivity contribution is 0.165. The largest absolute Gasteiger partial charge is 0.388 e. The Morgan fingerprint density at radius 2 is 0.828 bits per heavy atom. The molecule has 0 bridgehead atoms. The van der Waals surface area contributed by atoms with Crippen LogP contribution in [-0.2, 0) is 0 Å². The van der Waals surface area contributed by atoms with E-state index in [2.05, 4.69) is 0 Å². The highest BCUT2D eigenvalue weighted by Gasteiger charge is 2.30. The zero-order valence-electron chi connectivity index (χ0n) is 13.7. The zero-order chi connectivity index (χ0) is 22.2. The highest BCUT2D eigenvalue weighted by molar-refractivity contribution is 5.29. The quantitative estimate of drug-likeness (QED) is 0.308. The van der Waals surface area contributed by atoms with Gasteiger partial charge in [-0.25, -0.2) is 43.9 Å². The summed E-state index contributed by atoms with van der Waals surface area (Å²) in [5.74, 6) is -23.6. The smallest absolute Gasteiger partial charge is 0.200 e. The van der Waals surface area contributed by atoms with Crippen LogP contribution in [0.2, 0.25) is 0 Å². The van der Waals surface area contributed by atoms with E-state index in [9.17, 15) is 54.1 Å². The molecule has 0 aromatic heterocycles. The molecule has 2 N–H and O–H groups in total. The lowest BCUT2D eigenvalue weighted by Crippen LogP contribution is -2.11. The minimum Gasteiger partial charge on any atom is -0.388 e. The second kappa shape index (κ2) is 8.41. The molecule has 0 fully saturated rings. The van der Waals surface area contributed by atoms with Crippen molar-refractivity contribution in [3.63, 3.8) is 0 Å². The summed E-state index contributed by atoms with van der Waals surface area (Å²) in [6.07, 6.45) is -4.81. The minimum absolute atomic E-state index is 0.382. The Morgan fingerprint density at radius 1 is 0.517 bits per heavy atom. The number of halogens is 10. The molecule has 0 saturated carbocycles. The maximum Gasteiger partial charge on any atom is 0.200 e. The van der Waals surface area contributed by atoms with Crippen LogP contribution in [0.15, 0.2) is 12.2 Å². The molecule has 2 aromatic rings. The van der Waals surface area contributed by atoms with Gasteiger partial charge in [-0.2, -0.15) is 0 Å². The maximum atomic E-state index is 13.6. The first-order chi connectivity index (χ1) is 13.4. The van der Waals surface area contributed by atoms with Gasteiger partial charge in [-0.15, -0.1) is 0 Å². The van der Waals surface area contributed by atoms with Crippen molar-refractivity contribution in [3.05, 3.63) is 81.5 Å². The first kappa shape index (κ1) is 22.7. The summed E-state index contributed by atoms with van der Waals surface area (Å²) in [6.45, 7) is 0. The van der Waals surface area contributed by atoms with E-state index in [1.165, 1.54) is 0 Å². The van der Waals surface area contributed by atoms with Gasteiger partial charge >= 0.3 is 0 Å². The predicted molar refractivity (Wildman–Crippen MR) is 76.1 cm³/mol. The van der Waals surface area contributed by atoms with E-state index in [0.717, 1.165) is 0 Å². The summed E-state index contributed by atoms with van der Waals surface area (Å²) in [5, 5.41) is 19.3. The highest BCUT2D eigenvalue weighted by atomic mass is 19.2. The van der Waals surface area contributed by atoms with Gasteiger partial charge in [0.1, 0.15) is 6.10 Å². The van der Waals surface area contributed by atoms with Crippen LogP contribution in [0.1, 0.15) is 29.8 Å². The SMILES string of the molecule is O[C@H](/C=C/C[C@@H](O)c1c(F)c(F)c(F)c(F)c1F)c1c(F)c(F)c(F)c(F)c1F. The third-order valence-electron chi connectivity index (χ3n) is 3.79. The fourth-order valence-corrected chi connectivity index (χ4v) is 2.35. The zero-order valence-corrected chi connectivity index (χ0v) is 13.7. The van der Waals surface area contributed by atoms with Crippen LogP contribution in [0.4, 0.5) is 43.9 Å². The Labute approximate surface area is 155 Å². The van der Waals surface area contributed by atoms with Crippen LogP contribution in [0.5, 0.6) is 0 Å². The third kappa shape index (κ3) is 3.94. The predicted octanol–water partition coefficient (Wildman–Crippen LogP) is 4.79. The fourth-order valence-electron chi connectivity index (χ4n) is 2.35. The van der Waals surface area contributed by atoms with Crippen molar-refractivity contribution in [1.82, 2.24) is 0 Å². The van der Waals surface area contributed by atoms with Gasteiger partial charge in [-0.1, -0.05) is 12.2 Å². The van der Waals surface area contributed by atoms with E-state index in [0.29, 0.717) is 12.2 Å². The maximum absolute atomic E-state index is 13.6. The molecule has 2 nitrogen and oxygen atoms in total. The molecule has 0 unspecified atom stereocenters. The molecule has 158 valence electrons. The van der Waals surface area contributed by atoms with Crippen molar-refractivity contribution >= 4 is 0 Å². The van der Waals surface area contributed by atoms with Gasteiger partial charge in [0.05, 0.1) is 17.2 Å². The lowest BCUT2D eigenvalue weighted by atomic mass is 10.0. The van der Waals surface area contributed by atoms with Gasteiger partial charge in [-0.05, 0) is 6.42 Å². The topological polar surface area (TPSA) is 40.5 Å². The van der Waals surface area contributed by atoms with Crippen LogP contribution in [0, 0.1) is 58.2 Å². The highest BCUT2D eigenvalue weighted by Crippen LogP contribution is 2.31. The Hall–Kier alpha value is -2.60. The summed E-state index contributed by atoms with van der Waals surface area (Å²) in [6, 6.07) is 0. The standard InChI is InChI=1S/C17H8F10O2/c18-8-6(9(19)13(23)16(26)12(8)22)4(28)2-1-3-5(29)7-10(20)14(24)17(27)15(25)11(7)21/h1-2,4-5,28-29H,3H2/b2-1+/t4-,5-/m1/s1. The van der Waals surface area contributed by atoms with E-state index in [1.54, 1.807) is 0 Å². The molecule has 0 saturated heterocycles. The molecule has 0 aliphatic carbocycles. The monoisotopic (exact) mass is 434 g/mol. The van der Waals surface area contributed by atoms with E-state index in [1.807, 2.05) is 0 Å². The molecule has 2 rings (SSSR count). The molecule has 0 spiro atoms. The summed E-state index contributed by atoms with van der Waals surface area (Å²) in [7, 11) is 0. The molecular weight excluding hydrogens is 426 g/mol. The molecule has 0 heterocycles. The summed E-state index contributed by atoms with van der Waals surface area (Å²) in [4.78, 5) is 0. The van der Waals surface area contributed by atoms with Crippen LogP contribution in [-0.4, -0.2) is 10.2 Å². The molecule has 2 atom stereocenters. The van der Waals surface area contributed by atoms with Crippen LogP contribution in [0.3, 0.4) is 0 Å². The van der Waals surface area contributed by atoms with E-state index < -0.39 is 87.9 Å². The molecule has 12 heteroatoms. The minimum atomic E-state index is -2.47. The number of benzene rings is 2. The van der Waals surface area contributed by atoms with Crippen molar-refractivity contribution in [2.75, 3.05) is 0 Å². The Bertz CT molecular complexity index is 931. The fraction of sp³-hybridized carbons (Fsp3) is 0.176. The number of rotatable bonds is 5. The average molecular weight is 434 g/mol. The average Bonchev–Trinajstić information content (AvgIpc) is 2.68. The molecule has 0 radical (unpaired) electrons. The first-order valence-electron chi connectivity index (χ1n) is 7.47. The number of aliphatic hydroxyl groups excluding tert-OH is 2. The van der Waals surface area contributed by atoms with E-state index in [4.69, 9.17) is 0 Å². The normalized spacial score (nSPS) is 13.9. The van der Waals surface area contributed by atoms with Gasteiger partial charge in [0.15, 0.2) is 46.5 Å². The van der Waals surface area contributed by atoms with E-state index >= 15 is 0 Å². The van der Waals surface area contributed by atoms with Gasteiger partial charge in [0.2, 0.25) is 11.6 Å². The summed E-state index contributed by atoms with van der Waals surface area (Å²) in [5.41, 5.74) is -3.26. The van der Waals surface area contributed by atoms with Crippen LogP contribution in [0.25, 0.3) is 0 Å². The second-order valence-corrected chi connectivity index (χ2v) is 5.59. The molecule has 2 aromatic carbocycles. The molecule has 29 heavy (non-hydrogen) atoms. The number of hydrogen-bond donors (Lipinski definition) is 2. The van der Waals surface area contributed by atoms with Crippen molar-refractivity contribution in [2.45, 2.75) is 18.6 Å².